The maximum absolute atomic E-state index is 9.73. The summed E-state index contributed by atoms with van der Waals surface area (Å²) in [7, 11) is 0. The van der Waals surface area contributed by atoms with Crippen LogP contribution in [0.5, 0.6) is 5.88 Å². The molecule has 4 aromatic rings. The van der Waals surface area contributed by atoms with Gasteiger partial charge in [-0.05, 0) is 55.9 Å². The van der Waals surface area contributed by atoms with E-state index in [1.165, 1.54) is 5.56 Å². The van der Waals surface area contributed by atoms with Gasteiger partial charge in [0.25, 0.3) is 0 Å². The lowest BCUT2D eigenvalue weighted by Crippen LogP contribution is -2.26. The minimum Gasteiger partial charge on any atom is -0.474 e. The first-order valence-electron chi connectivity index (χ1n) is 11.5. The summed E-state index contributed by atoms with van der Waals surface area (Å²) >= 11 is 0. The van der Waals surface area contributed by atoms with Crippen LogP contribution in [0.4, 0.5) is 0 Å². The van der Waals surface area contributed by atoms with Crippen LogP contribution in [0.1, 0.15) is 49.5 Å². The first kappa shape index (κ1) is 19.4. The van der Waals surface area contributed by atoms with Gasteiger partial charge in [-0.2, -0.15) is 0 Å². The van der Waals surface area contributed by atoms with Gasteiger partial charge >= 0.3 is 0 Å². The van der Waals surface area contributed by atoms with Crippen molar-refractivity contribution in [2.45, 2.75) is 56.8 Å². The predicted molar refractivity (Wildman–Crippen MR) is 123 cm³/mol. The molecule has 1 atom stereocenters. The molecule has 3 aromatic heterocycles. The second-order valence-electron chi connectivity index (χ2n) is 8.83. The standard InChI is InChI=1S/C26H26N4O2/c31-19-6-8-20(9-7-19)32-25-16-18(14-15-27-25)21-10-11-22-26(29-21)30-23(12-13-24(30)28-22)17-4-2-1-3-5-17/h1-5,10-11,14-16,19-20,23,31H,6-9,12-13H2/t19-,20+,23-/m1/s1. The Balaban J connectivity index is 1.32. The summed E-state index contributed by atoms with van der Waals surface area (Å²) in [4.78, 5) is 14.3. The van der Waals surface area contributed by atoms with E-state index in [-0.39, 0.29) is 18.2 Å². The van der Waals surface area contributed by atoms with Crippen LogP contribution in [0.15, 0.2) is 60.8 Å². The zero-order valence-electron chi connectivity index (χ0n) is 17.9. The van der Waals surface area contributed by atoms with Gasteiger partial charge in [0.15, 0.2) is 5.65 Å². The zero-order chi connectivity index (χ0) is 21.5. The second kappa shape index (κ2) is 8.02. The number of imidazole rings is 1. The maximum atomic E-state index is 9.73. The minimum absolute atomic E-state index is 0.112. The summed E-state index contributed by atoms with van der Waals surface area (Å²) in [6.07, 6.45) is 7.02. The Morgan fingerprint density at radius 1 is 0.906 bits per heavy atom. The molecule has 0 saturated heterocycles. The van der Waals surface area contributed by atoms with Gasteiger partial charge in [0.2, 0.25) is 5.88 Å². The van der Waals surface area contributed by atoms with E-state index in [2.05, 4.69) is 45.9 Å². The highest BCUT2D eigenvalue weighted by Crippen LogP contribution is 2.35. The molecule has 1 saturated carbocycles. The largest absolute Gasteiger partial charge is 0.474 e. The topological polar surface area (TPSA) is 73.1 Å². The van der Waals surface area contributed by atoms with Gasteiger partial charge in [-0.3, -0.25) is 0 Å². The van der Waals surface area contributed by atoms with Gasteiger partial charge in [0.05, 0.1) is 17.8 Å². The van der Waals surface area contributed by atoms with E-state index in [1.807, 2.05) is 18.2 Å². The van der Waals surface area contributed by atoms with Gasteiger partial charge in [-0.1, -0.05) is 30.3 Å². The van der Waals surface area contributed by atoms with E-state index in [0.29, 0.717) is 5.88 Å². The smallest absolute Gasteiger partial charge is 0.214 e. The molecule has 0 radical (unpaired) electrons. The summed E-state index contributed by atoms with van der Waals surface area (Å²) in [5.41, 5.74) is 5.05. The highest BCUT2D eigenvalue weighted by molar-refractivity contribution is 5.77. The molecule has 6 rings (SSSR count). The fraction of sp³-hybridized carbons (Fsp3) is 0.346. The predicted octanol–water partition coefficient (Wildman–Crippen LogP) is 4.71. The fourth-order valence-electron chi connectivity index (χ4n) is 5.04. The van der Waals surface area contributed by atoms with Crippen molar-refractivity contribution in [2.24, 2.45) is 0 Å². The molecule has 4 heterocycles. The highest BCUT2D eigenvalue weighted by Gasteiger charge is 2.28. The maximum Gasteiger partial charge on any atom is 0.214 e. The lowest BCUT2D eigenvalue weighted by Gasteiger charge is -2.25. The minimum atomic E-state index is -0.192. The van der Waals surface area contributed by atoms with Crippen molar-refractivity contribution >= 4 is 11.2 Å². The van der Waals surface area contributed by atoms with Crippen molar-refractivity contribution in [3.8, 4) is 17.1 Å². The molecule has 32 heavy (non-hydrogen) atoms. The number of aliphatic hydroxyl groups excluding tert-OH is 1. The molecule has 0 bridgehead atoms. The van der Waals surface area contributed by atoms with E-state index in [4.69, 9.17) is 14.7 Å². The first-order valence-corrected chi connectivity index (χ1v) is 11.5. The molecule has 0 unspecified atom stereocenters. The Bertz CT molecular complexity index is 1250. The number of nitrogens with zero attached hydrogens (tertiary/aromatic N) is 4. The molecule has 1 aromatic carbocycles. The quantitative estimate of drug-likeness (QED) is 0.512. The molecule has 0 amide bonds. The van der Waals surface area contributed by atoms with Gasteiger partial charge < -0.3 is 14.4 Å². The Morgan fingerprint density at radius 2 is 1.75 bits per heavy atom. The summed E-state index contributed by atoms with van der Waals surface area (Å²) in [5.74, 6) is 1.73. The Hall–Kier alpha value is -3.25. The first-order chi connectivity index (χ1) is 15.7. The molecule has 1 aliphatic heterocycles. The lowest BCUT2D eigenvalue weighted by molar-refractivity contribution is 0.0644. The molecule has 0 spiro atoms. The number of ether oxygens (including phenoxy) is 1. The zero-order valence-corrected chi connectivity index (χ0v) is 17.9. The van der Waals surface area contributed by atoms with Crippen LogP contribution in [0, 0.1) is 0 Å². The van der Waals surface area contributed by atoms with E-state index in [1.54, 1.807) is 6.20 Å². The second-order valence-corrected chi connectivity index (χ2v) is 8.83. The van der Waals surface area contributed by atoms with Crippen LogP contribution < -0.4 is 4.74 Å². The van der Waals surface area contributed by atoms with Gasteiger partial charge in [0, 0.05) is 24.2 Å². The Labute approximate surface area is 186 Å². The van der Waals surface area contributed by atoms with Gasteiger partial charge in [-0.25, -0.2) is 15.0 Å². The van der Waals surface area contributed by atoms with Crippen LogP contribution in [-0.2, 0) is 6.42 Å². The van der Waals surface area contributed by atoms with Crippen molar-refractivity contribution in [3.63, 3.8) is 0 Å². The normalized spacial score (nSPS) is 22.7. The fourth-order valence-corrected chi connectivity index (χ4v) is 5.04. The number of rotatable bonds is 4. The monoisotopic (exact) mass is 426 g/mol. The Morgan fingerprint density at radius 3 is 2.59 bits per heavy atom. The highest BCUT2D eigenvalue weighted by atomic mass is 16.5. The number of hydrogen-bond donors (Lipinski definition) is 1. The average Bonchev–Trinajstić information content (AvgIpc) is 3.40. The summed E-state index contributed by atoms with van der Waals surface area (Å²) in [5, 5.41) is 9.73. The van der Waals surface area contributed by atoms with E-state index >= 15 is 0 Å². The molecule has 1 N–H and O–H groups in total. The third kappa shape index (κ3) is 3.54. The summed E-state index contributed by atoms with van der Waals surface area (Å²) < 4.78 is 8.43. The van der Waals surface area contributed by atoms with Crippen LogP contribution in [0.2, 0.25) is 0 Å². The Kier molecular flexibility index (Phi) is 4.87. The van der Waals surface area contributed by atoms with Crippen molar-refractivity contribution in [2.75, 3.05) is 0 Å². The summed E-state index contributed by atoms with van der Waals surface area (Å²) in [6.45, 7) is 0. The number of aryl methyl sites for hydroxylation is 1. The average molecular weight is 427 g/mol. The summed E-state index contributed by atoms with van der Waals surface area (Å²) in [6, 6.07) is 18.9. The molecule has 162 valence electrons. The van der Waals surface area contributed by atoms with E-state index < -0.39 is 0 Å². The molecule has 2 aliphatic rings. The third-order valence-corrected chi connectivity index (χ3v) is 6.71. The van der Waals surface area contributed by atoms with Crippen LogP contribution in [0.3, 0.4) is 0 Å². The van der Waals surface area contributed by atoms with E-state index in [9.17, 15) is 5.11 Å². The molecule has 1 aliphatic carbocycles. The van der Waals surface area contributed by atoms with Crippen LogP contribution >= 0.6 is 0 Å². The SMILES string of the molecule is O[C@H]1CC[C@@H](Oc2cc(-c3ccc4nc5n(c4n3)[C@@H](c3ccccc3)CC5)ccn2)CC1. The number of aliphatic hydroxyl groups is 1. The van der Waals surface area contributed by atoms with Crippen LogP contribution in [0.25, 0.3) is 22.4 Å². The van der Waals surface area contributed by atoms with Crippen molar-refractivity contribution in [3.05, 3.63) is 72.2 Å². The molecular weight excluding hydrogens is 400 g/mol. The molecular formula is C26H26N4O2. The number of aromatic nitrogens is 4. The van der Waals surface area contributed by atoms with Gasteiger partial charge in [0.1, 0.15) is 17.4 Å². The van der Waals surface area contributed by atoms with Crippen molar-refractivity contribution < 1.29 is 9.84 Å². The van der Waals surface area contributed by atoms with E-state index in [0.717, 1.165) is 66.8 Å². The number of hydrogen-bond acceptors (Lipinski definition) is 5. The number of benzene rings is 1. The number of fused-ring (bicyclic) bond motifs is 3. The molecule has 1 fully saturated rings. The van der Waals surface area contributed by atoms with Gasteiger partial charge in [-0.15, -0.1) is 0 Å². The van der Waals surface area contributed by atoms with Crippen LogP contribution in [-0.4, -0.2) is 36.8 Å². The lowest BCUT2D eigenvalue weighted by atomic mass is 9.95. The van der Waals surface area contributed by atoms with Crippen molar-refractivity contribution in [1.82, 2.24) is 19.5 Å². The van der Waals surface area contributed by atoms with Crippen molar-refractivity contribution in [1.29, 1.82) is 0 Å². The molecule has 6 heteroatoms. The number of pyridine rings is 2. The molecule has 6 nitrogen and oxygen atoms in total. The third-order valence-electron chi connectivity index (χ3n) is 6.71.